The molecule has 1 aliphatic heterocycles. The molecule has 0 aromatic rings. The van der Waals surface area contributed by atoms with Gasteiger partial charge in [-0.05, 0) is 13.8 Å². The van der Waals surface area contributed by atoms with Gasteiger partial charge in [-0.2, -0.15) is 0 Å². The first-order chi connectivity index (χ1) is 9.91. The molecule has 6 heteroatoms. The zero-order valence-electron chi connectivity index (χ0n) is 12.9. The van der Waals surface area contributed by atoms with Crippen molar-refractivity contribution in [3.05, 3.63) is 0 Å². The predicted molar refractivity (Wildman–Crippen MR) is 76.3 cm³/mol. The Bertz CT molecular complexity index is 107. The van der Waals surface area contributed by atoms with Gasteiger partial charge in [-0.15, -0.1) is 0 Å². The fourth-order valence-corrected chi connectivity index (χ4v) is 1.30. The van der Waals surface area contributed by atoms with E-state index >= 15 is 0 Å². The molecule has 0 radical (unpaired) electrons. The van der Waals surface area contributed by atoms with Crippen molar-refractivity contribution in [1.82, 2.24) is 0 Å². The zero-order chi connectivity index (χ0) is 14.7. The van der Waals surface area contributed by atoms with Crippen LogP contribution in [0.25, 0.3) is 0 Å². The maximum absolute atomic E-state index is 5.28. The van der Waals surface area contributed by atoms with Crippen molar-refractivity contribution in [2.24, 2.45) is 0 Å². The average Bonchev–Trinajstić information content (AvgIpc) is 2.47. The van der Waals surface area contributed by atoms with E-state index in [2.05, 4.69) is 0 Å². The normalized spacial score (nSPS) is 20.1. The first kappa shape index (κ1) is 19.8. The lowest BCUT2D eigenvalue weighted by atomic mass is 10.7. The molecule has 0 aliphatic carbocycles. The molecule has 1 heterocycles. The first-order valence-corrected chi connectivity index (χ1v) is 7.38. The van der Waals surface area contributed by atoms with Crippen LogP contribution in [-0.4, -0.2) is 79.3 Å². The van der Waals surface area contributed by atoms with Gasteiger partial charge in [-0.25, -0.2) is 0 Å². The topological polar surface area (TPSA) is 55.4 Å². The Hall–Kier alpha value is -0.240. The molecule has 0 amide bonds. The second kappa shape index (κ2) is 18.8. The number of hydrogen-bond donors (Lipinski definition) is 0. The summed E-state index contributed by atoms with van der Waals surface area (Å²) in [5.74, 6) is 0. The van der Waals surface area contributed by atoms with Crippen LogP contribution in [0.1, 0.15) is 13.8 Å². The lowest BCUT2D eigenvalue weighted by Gasteiger charge is -2.05. The third-order valence-corrected chi connectivity index (χ3v) is 2.27. The Morgan fingerprint density at radius 2 is 0.700 bits per heavy atom. The summed E-state index contributed by atoms with van der Waals surface area (Å²) in [6, 6.07) is 0. The van der Waals surface area contributed by atoms with Crippen molar-refractivity contribution < 1.29 is 28.4 Å². The van der Waals surface area contributed by atoms with E-state index < -0.39 is 0 Å². The molecule has 0 atom stereocenters. The maximum atomic E-state index is 5.28. The van der Waals surface area contributed by atoms with E-state index in [-0.39, 0.29) is 0 Å². The Balaban J connectivity index is 0.000000621. The molecule has 20 heavy (non-hydrogen) atoms. The standard InChI is InChI=1S/C10H20O5.C4H10O/c1-2-12-5-6-14-9-10-15-8-7-13-4-3-11-1;1-3-5-4-2/h1-10H2;3-4H2,1-2H3. The lowest BCUT2D eigenvalue weighted by Crippen LogP contribution is -2.12. The van der Waals surface area contributed by atoms with Crippen LogP contribution in [-0.2, 0) is 28.4 Å². The molecule has 6 nitrogen and oxygen atoms in total. The van der Waals surface area contributed by atoms with Crippen LogP contribution in [0.3, 0.4) is 0 Å². The molecule has 0 saturated carbocycles. The van der Waals surface area contributed by atoms with Crippen LogP contribution in [0.4, 0.5) is 0 Å². The van der Waals surface area contributed by atoms with Crippen molar-refractivity contribution >= 4 is 0 Å². The highest BCUT2D eigenvalue weighted by molar-refractivity contribution is 4.37. The van der Waals surface area contributed by atoms with E-state index in [1.807, 2.05) is 13.8 Å². The van der Waals surface area contributed by atoms with E-state index in [1.54, 1.807) is 0 Å². The van der Waals surface area contributed by atoms with Crippen molar-refractivity contribution in [1.29, 1.82) is 0 Å². The molecule has 0 N–H and O–H groups in total. The molecule has 122 valence electrons. The van der Waals surface area contributed by atoms with Crippen LogP contribution >= 0.6 is 0 Å². The van der Waals surface area contributed by atoms with Crippen molar-refractivity contribution in [2.75, 3.05) is 79.3 Å². The molecule has 1 rings (SSSR count). The SMILES string of the molecule is C1COCCOCCOCCOCCO1.CCOCC. The summed E-state index contributed by atoms with van der Waals surface area (Å²) in [6.07, 6.45) is 0. The molecule has 0 bridgehead atoms. The first-order valence-electron chi connectivity index (χ1n) is 7.38. The quantitative estimate of drug-likeness (QED) is 0.761. The number of ether oxygens (including phenoxy) is 6. The van der Waals surface area contributed by atoms with Crippen LogP contribution < -0.4 is 0 Å². The Labute approximate surface area is 122 Å². The van der Waals surface area contributed by atoms with Gasteiger partial charge in [0.05, 0.1) is 66.1 Å². The van der Waals surface area contributed by atoms with Crippen molar-refractivity contribution in [2.45, 2.75) is 13.8 Å². The van der Waals surface area contributed by atoms with Gasteiger partial charge in [-0.1, -0.05) is 0 Å². The van der Waals surface area contributed by atoms with Gasteiger partial charge >= 0.3 is 0 Å². The highest BCUT2D eigenvalue weighted by atomic mass is 16.6. The molecule has 0 spiro atoms. The van der Waals surface area contributed by atoms with Gasteiger partial charge < -0.3 is 28.4 Å². The minimum Gasteiger partial charge on any atom is -0.382 e. The molecule has 1 fully saturated rings. The van der Waals surface area contributed by atoms with Gasteiger partial charge in [0.2, 0.25) is 0 Å². The largest absolute Gasteiger partial charge is 0.382 e. The van der Waals surface area contributed by atoms with E-state index in [1.165, 1.54) is 0 Å². The van der Waals surface area contributed by atoms with Crippen LogP contribution in [0.2, 0.25) is 0 Å². The summed E-state index contributed by atoms with van der Waals surface area (Å²) in [5.41, 5.74) is 0. The van der Waals surface area contributed by atoms with E-state index in [0.717, 1.165) is 13.2 Å². The summed E-state index contributed by atoms with van der Waals surface area (Å²) in [4.78, 5) is 0. The third kappa shape index (κ3) is 17.8. The molecule has 1 saturated heterocycles. The lowest BCUT2D eigenvalue weighted by molar-refractivity contribution is 0.00206. The molecular formula is C14H30O6. The zero-order valence-corrected chi connectivity index (χ0v) is 12.9. The van der Waals surface area contributed by atoms with E-state index in [9.17, 15) is 0 Å². The fraction of sp³-hybridized carbons (Fsp3) is 1.00. The summed E-state index contributed by atoms with van der Waals surface area (Å²) in [7, 11) is 0. The van der Waals surface area contributed by atoms with Crippen molar-refractivity contribution in [3.8, 4) is 0 Å². The second-order valence-corrected chi connectivity index (χ2v) is 3.84. The van der Waals surface area contributed by atoms with Gasteiger partial charge in [-0.3, -0.25) is 0 Å². The number of hydrogen-bond acceptors (Lipinski definition) is 6. The fourth-order valence-electron chi connectivity index (χ4n) is 1.30. The summed E-state index contributed by atoms with van der Waals surface area (Å²) in [5, 5.41) is 0. The highest BCUT2D eigenvalue weighted by Crippen LogP contribution is 1.86. The Morgan fingerprint density at radius 3 is 0.800 bits per heavy atom. The smallest absolute Gasteiger partial charge is 0.0701 e. The van der Waals surface area contributed by atoms with Crippen LogP contribution in [0.15, 0.2) is 0 Å². The minimum absolute atomic E-state index is 0.611. The summed E-state index contributed by atoms with van der Waals surface area (Å²) < 4.78 is 31.2. The average molecular weight is 294 g/mol. The van der Waals surface area contributed by atoms with Crippen LogP contribution in [0, 0.1) is 0 Å². The molecule has 0 aromatic carbocycles. The summed E-state index contributed by atoms with van der Waals surface area (Å²) in [6.45, 7) is 11.8. The summed E-state index contributed by atoms with van der Waals surface area (Å²) >= 11 is 0. The Morgan fingerprint density at radius 1 is 0.500 bits per heavy atom. The van der Waals surface area contributed by atoms with Crippen LogP contribution in [0.5, 0.6) is 0 Å². The second-order valence-electron chi connectivity index (χ2n) is 3.84. The number of rotatable bonds is 2. The highest BCUT2D eigenvalue weighted by Gasteiger charge is 1.95. The van der Waals surface area contributed by atoms with Gasteiger partial charge in [0.25, 0.3) is 0 Å². The van der Waals surface area contributed by atoms with E-state index in [4.69, 9.17) is 28.4 Å². The molecular weight excluding hydrogens is 264 g/mol. The van der Waals surface area contributed by atoms with Gasteiger partial charge in [0, 0.05) is 13.2 Å². The predicted octanol–water partition coefficient (Wildman–Crippen LogP) is 1.13. The molecule has 0 aromatic heterocycles. The van der Waals surface area contributed by atoms with Crippen molar-refractivity contribution in [3.63, 3.8) is 0 Å². The minimum atomic E-state index is 0.611. The monoisotopic (exact) mass is 294 g/mol. The molecule has 0 unspecified atom stereocenters. The maximum Gasteiger partial charge on any atom is 0.0701 e. The Kier molecular flexibility index (Phi) is 18.5. The van der Waals surface area contributed by atoms with Gasteiger partial charge in [0.1, 0.15) is 0 Å². The van der Waals surface area contributed by atoms with E-state index in [0.29, 0.717) is 66.1 Å². The van der Waals surface area contributed by atoms with Gasteiger partial charge in [0.15, 0.2) is 0 Å². The third-order valence-electron chi connectivity index (χ3n) is 2.27. The molecule has 1 aliphatic rings.